The molecule has 23 heavy (non-hydrogen) atoms. The molecule has 1 aromatic carbocycles. The van der Waals surface area contributed by atoms with Crippen LogP contribution in [0.25, 0.3) is 0 Å². The van der Waals surface area contributed by atoms with E-state index in [2.05, 4.69) is 0 Å². The second kappa shape index (κ2) is 6.48. The highest BCUT2D eigenvalue weighted by atomic mass is 16.6. The zero-order chi connectivity index (χ0) is 17.2. The highest BCUT2D eigenvalue weighted by Gasteiger charge is 2.32. The zero-order valence-corrected chi connectivity index (χ0v) is 14.2. The minimum absolute atomic E-state index is 0.0410. The molecule has 0 radical (unpaired) electrons. The van der Waals surface area contributed by atoms with Gasteiger partial charge in [-0.3, -0.25) is 4.79 Å². The van der Waals surface area contributed by atoms with E-state index in [9.17, 15) is 9.59 Å². The van der Waals surface area contributed by atoms with Crippen molar-refractivity contribution >= 4 is 17.7 Å². The van der Waals surface area contributed by atoms with Crippen LogP contribution in [0.4, 0.5) is 10.5 Å². The Morgan fingerprint density at radius 2 is 1.78 bits per heavy atom. The first kappa shape index (κ1) is 17.1. The molecule has 1 aliphatic heterocycles. The summed E-state index contributed by atoms with van der Waals surface area (Å²) in [6.45, 7) is 8.90. The first-order valence-corrected chi connectivity index (χ1v) is 7.82. The lowest BCUT2D eigenvalue weighted by molar-refractivity contribution is 0.00198. The summed E-state index contributed by atoms with van der Waals surface area (Å²) < 4.78 is 5.41. The fourth-order valence-corrected chi connectivity index (χ4v) is 2.54. The SMILES string of the molecule is C[C@@H]1CN(C(=O)c2ccc(N)cc2)CCN1C(=O)OC(C)(C)C. The summed E-state index contributed by atoms with van der Waals surface area (Å²) in [7, 11) is 0. The number of anilines is 1. The van der Waals surface area contributed by atoms with Gasteiger partial charge in [-0.15, -0.1) is 0 Å². The Bertz CT molecular complexity index is 578. The number of ether oxygens (including phenoxy) is 1. The van der Waals surface area contributed by atoms with E-state index in [0.717, 1.165) is 0 Å². The summed E-state index contributed by atoms with van der Waals surface area (Å²) in [5.74, 6) is -0.0410. The molecule has 2 rings (SSSR count). The molecule has 6 heteroatoms. The van der Waals surface area contributed by atoms with Crippen LogP contribution in [-0.4, -0.2) is 53.1 Å². The van der Waals surface area contributed by atoms with E-state index in [-0.39, 0.29) is 18.0 Å². The van der Waals surface area contributed by atoms with Crippen LogP contribution in [-0.2, 0) is 4.74 Å². The van der Waals surface area contributed by atoms with Crippen LogP contribution in [0, 0.1) is 0 Å². The van der Waals surface area contributed by atoms with Crippen molar-refractivity contribution in [3.63, 3.8) is 0 Å². The molecule has 0 saturated carbocycles. The molecule has 1 atom stereocenters. The number of nitrogen functional groups attached to an aromatic ring is 1. The largest absolute Gasteiger partial charge is 0.444 e. The molecule has 0 aliphatic carbocycles. The molecule has 0 unspecified atom stereocenters. The summed E-state index contributed by atoms with van der Waals surface area (Å²) in [4.78, 5) is 28.1. The van der Waals surface area contributed by atoms with Crippen molar-refractivity contribution in [1.82, 2.24) is 9.80 Å². The molecule has 1 aromatic rings. The van der Waals surface area contributed by atoms with Crippen molar-refractivity contribution in [3.05, 3.63) is 29.8 Å². The summed E-state index contributed by atoms with van der Waals surface area (Å²) >= 11 is 0. The Kier molecular flexibility index (Phi) is 4.82. The maximum Gasteiger partial charge on any atom is 0.410 e. The van der Waals surface area contributed by atoms with E-state index in [1.54, 1.807) is 34.1 Å². The molecule has 0 spiro atoms. The smallest absolute Gasteiger partial charge is 0.410 e. The zero-order valence-electron chi connectivity index (χ0n) is 14.2. The van der Waals surface area contributed by atoms with Gasteiger partial charge in [-0.2, -0.15) is 0 Å². The lowest BCUT2D eigenvalue weighted by Crippen LogP contribution is -2.56. The van der Waals surface area contributed by atoms with Gasteiger partial charge >= 0.3 is 6.09 Å². The lowest BCUT2D eigenvalue weighted by atomic mass is 10.1. The number of piperazine rings is 1. The van der Waals surface area contributed by atoms with Crippen LogP contribution in [0.1, 0.15) is 38.1 Å². The molecule has 6 nitrogen and oxygen atoms in total. The van der Waals surface area contributed by atoms with Gasteiger partial charge in [0, 0.05) is 36.9 Å². The predicted octanol–water partition coefficient (Wildman–Crippen LogP) is 2.35. The van der Waals surface area contributed by atoms with Gasteiger partial charge in [0.25, 0.3) is 5.91 Å². The van der Waals surface area contributed by atoms with Gasteiger partial charge in [-0.1, -0.05) is 0 Å². The normalized spacial score (nSPS) is 18.7. The average Bonchev–Trinajstić information content (AvgIpc) is 2.45. The highest BCUT2D eigenvalue weighted by molar-refractivity contribution is 5.94. The third-order valence-corrected chi connectivity index (χ3v) is 3.70. The van der Waals surface area contributed by atoms with E-state index in [1.165, 1.54) is 0 Å². The van der Waals surface area contributed by atoms with E-state index in [1.807, 2.05) is 27.7 Å². The fourth-order valence-electron chi connectivity index (χ4n) is 2.54. The van der Waals surface area contributed by atoms with Crippen molar-refractivity contribution < 1.29 is 14.3 Å². The van der Waals surface area contributed by atoms with Crippen molar-refractivity contribution in [2.45, 2.75) is 39.3 Å². The number of benzene rings is 1. The highest BCUT2D eigenvalue weighted by Crippen LogP contribution is 2.17. The molecule has 0 bridgehead atoms. The van der Waals surface area contributed by atoms with E-state index < -0.39 is 5.60 Å². The quantitative estimate of drug-likeness (QED) is 0.806. The number of nitrogens with two attached hydrogens (primary N) is 1. The Morgan fingerprint density at radius 1 is 1.17 bits per heavy atom. The molecular weight excluding hydrogens is 294 g/mol. The first-order chi connectivity index (χ1) is 10.7. The second-order valence-electron chi connectivity index (χ2n) is 6.90. The van der Waals surface area contributed by atoms with Crippen LogP contribution in [0.3, 0.4) is 0 Å². The van der Waals surface area contributed by atoms with Gasteiger partial charge in [0.1, 0.15) is 5.60 Å². The van der Waals surface area contributed by atoms with Crippen molar-refractivity contribution in [3.8, 4) is 0 Å². The number of nitrogens with zero attached hydrogens (tertiary/aromatic N) is 2. The maximum atomic E-state index is 12.5. The summed E-state index contributed by atoms with van der Waals surface area (Å²) in [6.07, 6.45) is -0.329. The Balaban J connectivity index is 1.99. The van der Waals surface area contributed by atoms with Gasteiger partial charge in [0.15, 0.2) is 0 Å². The van der Waals surface area contributed by atoms with Gasteiger partial charge in [-0.25, -0.2) is 4.79 Å². The van der Waals surface area contributed by atoms with Gasteiger partial charge in [0.05, 0.1) is 0 Å². The van der Waals surface area contributed by atoms with Crippen LogP contribution in [0.2, 0.25) is 0 Å². The lowest BCUT2D eigenvalue weighted by Gasteiger charge is -2.40. The first-order valence-electron chi connectivity index (χ1n) is 7.82. The predicted molar refractivity (Wildman–Crippen MR) is 89.2 cm³/mol. The molecule has 126 valence electrons. The van der Waals surface area contributed by atoms with E-state index in [0.29, 0.717) is 30.9 Å². The monoisotopic (exact) mass is 319 g/mol. The number of hydrogen-bond acceptors (Lipinski definition) is 4. The van der Waals surface area contributed by atoms with E-state index >= 15 is 0 Å². The summed E-state index contributed by atoms with van der Waals surface area (Å²) in [5.41, 5.74) is 6.36. The van der Waals surface area contributed by atoms with Crippen LogP contribution in [0.15, 0.2) is 24.3 Å². The molecule has 2 amide bonds. The molecule has 0 aromatic heterocycles. The molecule has 1 fully saturated rings. The standard InChI is InChI=1S/C17H25N3O3/c1-12-11-19(15(21)13-5-7-14(18)8-6-13)9-10-20(12)16(22)23-17(2,3)4/h5-8,12H,9-11,18H2,1-4H3/t12-/m1/s1. The van der Waals surface area contributed by atoms with Crippen molar-refractivity contribution in [1.29, 1.82) is 0 Å². The summed E-state index contributed by atoms with van der Waals surface area (Å²) in [6, 6.07) is 6.79. The van der Waals surface area contributed by atoms with Crippen molar-refractivity contribution in [2.24, 2.45) is 0 Å². The fraction of sp³-hybridized carbons (Fsp3) is 0.529. The van der Waals surface area contributed by atoms with Gasteiger partial charge in [0.2, 0.25) is 0 Å². The molecule has 1 heterocycles. The molecule has 2 N–H and O–H groups in total. The third-order valence-electron chi connectivity index (χ3n) is 3.70. The van der Waals surface area contributed by atoms with Gasteiger partial charge in [-0.05, 0) is 52.0 Å². The molecule has 1 saturated heterocycles. The number of carbonyl (C=O) groups excluding carboxylic acids is 2. The Hall–Kier alpha value is -2.24. The van der Waals surface area contributed by atoms with Crippen molar-refractivity contribution in [2.75, 3.05) is 25.4 Å². The number of rotatable bonds is 1. The minimum atomic E-state index is -0.520. The number of carbonyl (C=O) groups is 2. The average molecular weight is 319 g/mol. The Morgan fingerprint density at radius 3 is 2.30 bits per heavy atom. The second-order valence-corrected chi connectivity index (χ2v) is 6.90. The molecule has 1 aliphatic rings. The van der Waals surface area contributed by atoms with Gasteiger partial charge < -0.3 is 20.3 Å². The van der Waals surface area contributed by atoms with Crippen LogP contribution in [0.5, 0.6) is 0 Å². The Labute approximate surface area is 137 Å². The topological polar surface area (TPSA) is 75.9 Å². The maximum absolute atomic E-state index is 12.5. The third kappa shape index (κ3) is 4.37. The molecular formula is C17H25N3O3. The van der Waals surface area contributed by atoms with Crippen LogP contribution < -0.4 is 5.73 Å². The van der Waals surface area contributed by atoms with Crippen LogP contribution >= 0.6 is 0 Å². The van der Waals surface area contributed by atoms with E-state index in [4.69, 9.17) is 10.5 Å². The number of amides is 2. The minimum Gasteiger partial charge on any atom is -0.444 e. The summed E-state index contributed by atoms with van der Waals surface area (Å²) in [5, 5.41) is 0. The number of hydrogen-bond donors (Lipinski definition) is 1.